The molecule has 8 rings (SSSR count). The summed E-state index contributed by atoms with van der Waals surface area (Å²) in [6.45, 7) is 7.11. The van der Waals surface area contributed by atoms with Crippen LogP contribution in [0.5, 0.6) is 0 Å². The lowest BCUT2D eigenvalue weighted by Gasteiger charge is -2.56. The molecular formula is C38H51N3O6. The van der Waals surface area contributed by atoms with E-state index in [-0.39, 0.29) is 42.4 Å². The van der Waals surface area contributed by atoms with Gasteiger partial charge in [-0.05, 0) is 120 Å². The highest BCUT2D eigenvalue weighted by atomic mass is 16.7. The molecule has 3 N–H and O–H groups in total. The van der Waals surface area contributed by atoms with Crippen molar-refractivity contribution in [2.45, 2.75) is 121 Å². The third kappa shape index (κ3) is 7.53. The van der Waals surface area contributed by atoms with E-state index in [4.69, 9.17) is 14.2 Å². The molecule has 2 saturated heterocycles. The van der Waals surface area contributed by atoms with Gasteiger partial charge in [0.15, 0.2) is 6.29 Å². The molecule has 0 aromatic heterocycles. The van der Waals surface area contributed by atoms with Crippen LogP contribution >= 0.6 is 0 Å². The molecule has 47 heavy (non-hydrogen) atoms. The lowest BCUT2D eigenvalue weighted by Crippen LogP contribution is -2.60. The third-order valence-electron chi connectivity index (χ3n) is 11.0. The largest absolute Gasteiger partial charge is 0.459 e. The van der Waals surface area contributed by atoms with Gasteiger partial charge >= 0.3 is 12.0 Å². The molecule has 4 bridgehead atoms. The maximum Gasteiger partial charge on any atom is 0.323 e. The molecule has 9 heteroatoms. The maximum absolute atomic E-state index is 13.2. The van der Waals surface area contributed by atoms with Gasteiger partial charge in [-0.3, -0.25) is 9.69 Å². The number of aliphatic hydroxyl groups excluding tert-OH is 1. The fourth-order valence-electron chi connectivity index (χ4n) is 9.37. The average molecular weight is 646 g/mol. The Morgan fingerprint density at radius 1 is 0.915 bits per heavy atom. The highest BCUT2D eigenvalue weighted by Crippen LogP contribution is 2.55. The van der Waals surface area contributed by atoms with Crippen LogP contribution in [-0.2, 0) is 25.6 Å². The van der Waals surface area contributed by atoms with E-state index in [2.05, 4.69) is 15.5 Å². The summed E-state index contributed by atoms with van der Waals surface area (Å²) in [6, 6.07) is 15.2. The molecule has 6 fully saturated rings. The molecule has 4 atom stereocenters. The van der Waals surface area contributed by atoms with Crippen LogP contribution in [0.4, 0.5) is 10.5 Å². The van der Waals surface area contributed by atoms with Crippen molar-refractivity contribution >= 4 is 17.7 Å². The van der Waals surface area contributed by atoms with Crippen molar-refractivity contribution in [2.24, 2.45) is 17.8 Å². The fraction of sp³-hybridized carbons (Fsp3) is 0.632. The average Bonchev–Trinajstić information content (AvgIpc) is 3.48. The number of benzene rings is 2. The zero-order valence-corrected chi connectivity index (χ0v) is 28.1. The monoisotopic (exact) mass is 645 g/mol. The van der Waals surface area contributed by atoms with Gasteiger partial charge in [0.2, 0.25) is 0 Å². The Labute approximate surface area is 278 Å². The van der Waals surface area contributed by atoms with E-state index in [1.165, 1.54) is 19.3 Å². The predicted octanol–water partition coefficient (Wildman–Crippen LogP) is 6.62. The van der Waals surface area contributed by atoms with E-state index in [1.807, 2.05) is 69.3 Å². The Hall–Kier alpha value is -2.98. The van der Waals surface area contributed by atoms with Crippen molar-refractivity contribution in [1.29, 1.82) is 0 Å². The van der Waals surface area contributed by atoms with E-state index < -0.39 is 11.9 Å². The minimum atomic E-state index is -0.617. The smallest absolute Gasteiger partial charge is 0.323 e. The van der Waals surface area contributed by atoms with Gasteiger partial charge in [0.25, 0.3) is 0 Å². The van der Waals surface area contributed by atoms with Crippen LogP contribution in [0.1, 0.15) is 108 Å². The quantitative estimate of drug-likeness (QED) is 0.277. The number of hydrogen-bond donors (Lipinski definition) is 3. The number of urea groups is 1. The van der Waals surface area contributed by atoms with E-state index in [9.17, 15) is 14.7 Å². The Morgan fingerprint density at radius 3 is 2.17 bits per heavy atom. The lowest BCUT2D eigenvalue weighted by atomic mass is 9.53. The molecule has 0 unspecified atom stereocenters. The van der Waals surface area contributed by atoms with Gasteiger partial charge < -0.3 is 30.0 Å². The SMILES string of the molecule is CC(C)(C)OC(=O)[C@@H]1CCCN1C[C@@H]1C[C@H](c2ccc(CO)cc2)O[C@H](c2ccc(NC(=O)NC34CC5CC(CC(C5)C3)C4)cc2)O1. The number of nitrogens with zero attached hydrogens (tertiary/aromatic N) is 1. The molecule has 2 aromatic carbocycles. The van der Waals surface area contributed by atoms with Crippen LogP contribution in [0.15, 0.2) is 48.5 Å². The highest BCUT2D eigenvalue weighted by Gasteiger charge is 2.51. The normalized spacial score (nSPS) is 33.5. The molecule has 9 nitrogen and oxygen atoms in total. The second-order valence-corrected chi connectivity index (χ2v) is 15.9. The van der Waals surface area contributed by atoms with Gasteiger partial charge in [0.1, 0.15) is 11.6 Å². The van der Waals surface area contributed by atoms with E-state index in [0.29, 0.717) is 13.0 Å². The van der Waals surface area contributed by atoms with Crippen molar-refractivity contribution in [3.63, 3.8) is 0 Å². The summed E-state index contributed by atoms with van der Waals surface area (Å²) in [5, 5.41) is 16.0. The molecule has 2 aromatic rings. The topological polar surface area (TPSA) is 109 Å². The number of likely N-dealkylation sites (tertiary alicyclic amines) is 1. The second kappa shape index (κ2) is 13.1. The summed E-state index contributed by atoms with van der Waals surface area (Å²) in [5.74, 6) is 2.13. The van der Waals surface area contributed by atoms with Crippen molar-refractivity contribution in [2.75, 3.05) is 18.4 Å². The summed E-state index contributed by atoms with van der Waals surface area (Å²) in [5.41, 5.74) is 2.89. The van der Waals surface area contributed by atoms with Gasteiger partial charge in [-0.2, -0.15) is 0 Å². The van der Waals surface area contributed by atoms with Crippen LogP contribution in [-0.4, -0.2) is 58.4 Å². The Balaban J connectivity index is 1.03. The van der Waals surface area contributed by atoms with Crippen molar-refractivity contribution in [3.05, 3.63) is 65.2 Å². The lowest BCUT2D eigenvalue weighted by molar-refractivity contribution is -0.253. The second-order valence-electron chi connectivity index (χ2n) is 15.9. The number of ether oxygens (including phenoxy) is 3. The van der Waals surface area contributed by atoms with Crippen molar-refractivity contribution < 1.29 is 28.9 Å². The number of carbonyl (C=O) groups excluding carboxylic acids is 2. The van der Waals surface area contributed by atoms with Gasteiger partial charge in [-0.1, -0.05) is 36.4 Å². The van der Waals surface area contributed by atoms with Crippen LogP contribution < -0.4 is 10.6 Å². The predicted molar refractivity (Wildman–Crippen MR) is 178 cm³/mol. The van der Waals surface area contributed by atoms with Gasteiger partial charge in [0.05, 0.1) is 18.8 Å². The first-order chi connectivity index (χ1) is 22.5. The molecule has 0 radical (unpaired) electrons. The number of hydrogen-bond acceptors (Lipinski definition) is 7. The zero-order valence-electron chi connectivity index (χ0n) is 28.1. The van der Waals surface area contributed by atoms with Gasteiger partial charge in [-0.25, -0.2) is 4.79 Å². The number of esters is 1. The molecule has 4 aliphatic carbocycles. The first-order valence-electron chi connectivity index (χ1n) is 17.7. The molecule has 2 amide bonds. The molecule has 6 aliphatic rings. The van der Waals surface area contributed by atoms with Crippen LogP contribution in [0.2, 0.25) is 0 Å². The first-order valence-corrected chi connectivity index (χ1v) is 17.7. The number of amides is 2. The molecule has 254 valence electrons. The summed E-state index contributed by atoms with van der Waals surface area (Å²) < 4.78 is 18.9. The highest BCUT2D eigenvalue weighted by molar-refractivity contribution is 5.89. The summed E-state index contributed by atoms with van der Waals surface area (Å²) in [6.07, 6.45) is 8.69. The number of nitrogens with one attached hydrogen (secondary N) is 2. The third-order valence-corrected chi connectivity index (χ3v) is 11.0. The first kappa shape index (κ1) is 32.6. The van der Waals surface area contributed by atoms with Crippen LogP contribution in [0, 0.1) is 17.8 Å². The van der Waals surface area contributed by atoms with Crippen LogP contribution in [0.3, 0.4) is 0 Å². The Kier molecular flexibility index (Phi) is 9.11. The zero-order chi connectivity index (χ0) is 32.8. The van der Waals surface area contributed by atoms with Crippen molar-refractivity contribution in [1.82, 2.24) is 10.2 Å². The standard InChI is InChI=1S/C38H51N3O6/c1-37(2,3)47-34(43)32-5-4-14-41(32)22-31-18-33(28-8-6-24(23-42)7-9-28)46-35(45-31)29-10-12-30(13-11-29)39-36(44)40-38-19-25-15-26(20-38)17-27(16-25)21-38/h6-13,25-27,31-33,35,42H,4-5,14-23H2,1-3H3,(H2,39,40,44)/t25?,26?,27?,31-,32-,33+,35+,38?/m0/s1. The maximum atomic E-state index is 13.2. The number of rotatable bonds is 8. The minimum Gasteiger partial charge on any atom is -0.459 e. The molecular weight excluding hydrogens is 594 g/mol. The van der Waals surface area contributed by atoms with Crippen molar-refractivity contribution in [3.8, 4) is 0 Å². The number of aliphatic hydroxyl groups is 1. The molecule has 4 saturated carbocycles. The number of anilines is 1. The number of carbonyl (C=O) groups is 2. The van der Waals surface area contributed by atoms with Gasteiger partial charge in [0, 0.05) is 29.8 Å². The molecule has 0 spiro atoms. The van der Waals surface area contributed by atoms with E-state index in [0.717, 1.165) is 78.8 Å². The summed E-state index contributed by atoms with van der Waals surface area (Å²) in [4.78, 5) is 28.4. The Morgan fingerprint density at radius 2 is 1.55 bits per heavy atom. The summed E-state index contributed by atoms with van der Waals surface area (Å²) in [7, 11) is 0. The Bertz CT molecular complexity index is 1390. The summed E-state index contributed by atoms with van der Waals surface area (Å²) >= 11 is 0. The van der Waals surface area contributed by atoms with E-state index >= 15 is 0 Å². The van der Waals surface area contributed by atoms with Crippen LogP contribution in [0.25, 0.3) is 0 Å². The van der Waals surface area contributed by atoms with Gasteiger partial charge in [-0.15, -0.1) is 0 Å². The minimum absolute atomic E-state index is 0.0118. The van der Waals surface area contributed by atoms with E-state index in [1.54, 1.807) is 0 Å². The fourth-order valence-corrected chi connectivity index (χ4v) is 9.37. The molecule has 2 aliphatic heterocycles. The molecule has 2 heterocycles.